The number of rotatable bonds is 3. The van der Waals surface area contributed by atoms with Gasteiger partial charge in [-0.3, -0.25) is 4.79 Å². The fourth-order valence-electron chi connectivity index (χ4n) is 3.90. The first-order valence-electron chi connectivity index (χ1n) is 9.16. The lowest BCUT2D eigenvalue weighted by Gasteiger charge is -2.24. The first-order valence-corrected chi connectivity index (χ1v) is 9.16. The number of amides is 1. The Bertz CT molecular complexity index is 751. The van der Waals surface area contributed by atoms with E-state index in [2.05, 4.69) is 4.90 Å². The van der Waals surface area contributed by atoms with Crippen molar-refractivity contribution in [1.82, 2.24) is 4.90 Å². The van der Waals surface area contributed by atoms with E-state index in [1.807, 2.05) is 6.07 Å². The molecule has 1 N–H and O–H groups in total. The predicted octanol–water partition coefficient (Wildman–Crippen LogP) is 3.30. The van der Waals surface area contributed by atoms with Crippen molar-refractivity contribution in [2.45, 2.75) is 31.9 Å². The number of carboxylic acid groups (broad SMARTS) is 1. The lowest BCUT2D eigenvalue weighted by Crippen LogP contribution is -2.32. The number of likely N-dealkylation sites (tertiary alicyclic amines) is 1. The van der Waals surface area contributed by atoms with Gasteiger partial charge in [0.25, 0.3) is 0 Å². The third kappa shape index (κ3) is 5.01. The third-order valence-electron chi connectivity index (χ3n) is 5.41. The number of carboxylic acids is 1. The van der Waals surface area contributed by atoms with Gasteiger partial charge in [0.1, 0.15) is 5.82 Å². The Hall–Kier alpha value is -2.16. The molecule has 5 nitrogen and oxygen atoms in total. The maximum Gasteiger partial charge on any atom is 0.490 e. The smallest absolute Gasteiger partial charge is 0.475 e. The van der Waals surface area contributed by atoms with Crippen LogP contribution in [0, 0.1) is 17.2 Å². The van der Waals surface area contributed by atoms with E-state index < -0.39 is 12.1 Å². The van der Waals surface area contributed by atoms with Crippen molar-refractivity contribution in [3.8, 4) is 0 Å². The van der Waals surface area contributed by atoms with Crippen molar-refractivity contribution >= 4 is 17.6 Å². The number of halogens is 4. The molecular weight excluding hydrogens is 380 g/mol. The van der Waals surface area contributed by atoms with Gasteiger partial charge in [-0.15, -0.1) is 0 Å². The molecule has 1 aromatic carbocycles. The molecule has 2 saturated heterocycles. The Morgan fingerprint density at radius 3 is 2.50 bits per heavy atom. The van der Waals surface area contributed by atoms with E-state index in [4.69, 9.17) is 9.90 Å². The number of hydrogen-bond donors (Lipinski definition) is 1. The van der Waals surface area contributed by atoms with Gasteiger partial charge in [0, 0.05) is 37.2 Å². The Labute approximate surface area is 159 Å². The van der Waals surface area contributed by atoms with E-state index in [1.165, 1.54) is 31.5 Å². The summed E-state index contributed by atoms with van der Waals surface area (Å²) in [6.45, 7) is 4.09. The van der Waals surface area contributed by atoms with Crippen LogP contribution in [0.2, 0.25) is 0 Å². The summed E-state index contributed by atoms with van der Waals surface area (Å²) in [4.78, 5) is 25.6. The van der Waals surface area contributed by atoms with Crippen molar-refractivity contribution in [2.24, 2.45) is 11.3 Å². The summed E-state index contributed by atoms with van der Waals surface area (Å²) < 4.78 is 45.1. The second-order valence-electron chi connectivity index (χ2n) is 7.87. The predicted molar refractivity (Wildman–Crippen MR) is 93.3 cm³/mol. The molecule has 154 valence electrons. The molecule has 1 atom stereocenters. The van der Waals surface area contributed by atoms with Crippen molar-refractivity contribution < 1.29 is 32.3 Å². The maximum absolute atomic E-state index is 13.4. The van der Waals surface area contributed by atoms with Crippen LogP contribution in [0.1, 0.15) is 25.7 Å². The summed E-state index contributed by atoms with van der Waals surface area (Å²) in [5, 5.41) is 7.12. The molecule has 1 amide bonds. The van der Waals surface area contributed by atoms with Crippen LogP contribution in [0.3, 0.4) is 0 Å². The minimum Gasteiger partial charge on any atom is -0.475 e. The van der Waals surface area contributed by atoms with Crippen molar-refractivity contribution in [3.05, 3.63) is 30.1 Å². The van der Waals surface area contributed by atoms with E-state index in [-0.39, 0.29) is 17.1 Å². The Balaban J connectivity index is 0.000000279. The maximum atomic E-state index is 13.4. The number of anilines is 1. The highest BCUT2D eigenvalue weighted by Crippen LogP contribution is 2.43. The Kier molecular flexibility index (Phi) is 5.65. The van der Waals surface area contributed by atoms with Crippen molar-refractivity contribution in [3.63, 3.8) is 0 Å². The summed E-state index contributed by atoms with van der Waals surface area (Å²) in [5.41, 5.74) is 0.802. The minimum atomic E-state index is -5.08. The number of benzene rings is 1. The number of aliphatic carboxylic acids is 1. The standard InChI is InChI=1S/C17H21FN2O.C2HF3O2/c18-14-2-1-3-15(8-14)20-12-17(9-16(20)21)6-7-19(11-17)10-13-4-5-13;3-2(4,5)1(6)7/h1-3,8,13H,4-7,9-12H2;(H,6,7). The highest BCUT2D eigenvalue weighted by Gasteiger charge is 2.48. The molecule has 0 radical (unpaired) electrons. The van der Waals surface area contributed by atoms with E-state index >= 15 is 0 Å². The molecule has 9 heteroatoms. The van der Waals surface area contributed by atoms with Crippen LogP contribution < -0.4 is 4.90 Å². The summed E-state index contributed by atoms with van der Waals surface area (Å²) in [7, 11) is 0. The van der Waals surface area contributed by atoms with Gasteiger partial charge in [0.05, 0.1) is 0 Å². The topological polar surface area (TPSA) is 60.9 Å². The van der Waals surface area contributed by atoms with Gasteiger partial charge in [-0.05, 0) is 49.9 Å². The number of hydrogen-bond acceptors (Lipinski definition) is 3. The van der Waals surface area contributed by atoms with Gasteiger partial charge in [0.2, 0.25) is 5.91 Å². The Morgan fingerprint density at radius 1 is 1.25 bits per heavy atom. The molecule has 0 bridgehead atoms. The third-order valence-corrected chi connectivity index (χ3v) is 5.41. The minimum absolute atomic E-state index is 0.0955. The van der Waals surface area contributed by atoms with Gasteiger partial charge in [0.15, 0.2) is 0 Å². The molecule has 1 aromatic rings. The Morgan fingerprint density at radius 2 is 1.93 bits per heavy atom. The molecule has 2 heterocycles. The van der Waals surface area contributed by atoms with Crippen LogP contribution in [-0.2, 0) is 9.59 Å². The molecule has 1 saturated carbocycles. The number of carbonyl (C=O) groups is 2. The first kappa shape index (κ1) is 20.6. The van der Waals surface area contributed by atoms with Crippen LogP contribution in [0.15, 0.2) is 24.3 Å². The normalized spacial score (nSPS) is 25.1. The summed E-state index contributed by atoms with van der Waals surface area (Å²) in [6.07, 6.45) is -0.627. The van der Waals surface area contributed by atoms with Gasteiger partial charge >= 0.3 is 12.1 Å². The molecule has 1 spiro atoms. The number of nitrogens with zero attached hydrogens (tertiary/aromatic N) is 2. The molecule has 28 heavy (non-hydrogen) atoms. The zero-order valence-electron chi connectivity index (χ0n) is 15.2. The highest BCUT2D eigenvalue weighted by molar-refractivity contribution is 5.96. The van der Waals surface area contributed by atoms with Crippen molar-refractivity contribution in [2.75, 3.05) is 31.1 Å². The molecule has 3 aliphatic rings. The second kappa shape index (κ2) is 7.69. The second-order valence-corrected chi connectivity index (χ2v) is 7.87. The van der Waals surface area contributed by atoms with Gasteiger partial charge in [-0.2, -0.15) is 13.2 Å². The van der Waals surface area contributed by atoms with Gasteiger partial charge in [-0.1, -0.05) is 6.07 Å². The zero-order valence-corrected chi connectivity index (χ0v) is 15.2. The largest absolute Gasteiger partial charge is 0.490 e. The molecule has 4 rings (SSSR count). The van der Waals surface area contributed by atoms with E-state index in [0.717, 1.165) is 32.0 Å². The molecule has 1 aliphatic carbocycles. The fraction of sp³-hybridized carbons (Fsp3) is 0.579. The summed E-state index contributed by atoms with van der Waals surface area (Å²) >= 11 is 0. The van der Waals surface area contributed by atoms with E-state index in [0.29, 0.717) is 12.1 Å². The van der Waals surface area contributed by atoms with Crippen LogP contribution in [0.4, 0.5) is 23.2 Å². The molecular formula is C19H22F4N2O3. The van der Waals surface area contributed by atoms with Gasteiger partial charge < -0.3 is 14.9 Å². The zero-order chi connectivity index (χ0) is 20.5. The van der Waals surface area contributed by atoms with E-state index in [1.54, 1.807) is 11.0 Å². The summed E-state index contributed by atoms with van der Waals surface area (Å²) in [5.74, 6) is -1.99. The van der Waals surface area contributed by atoms with Crippen LogP contribution in [0.25, 0.3) is 0 Å². The van der Waals surface area contributed by atoms with Gasteiger partial charge in [-0.25, -0.2) is 9.18 Å². The number of alkyl halides is 3. The first-order chi connectivity index (χ1) is 13.1. The monoisotopic (exact) mass is 402 g/mol. The van der Waals surface area contributed by atoms with Crippen molar-refractivity contribution in [1.29, 1.82) is 0 Å². The van der Waals surface area contributed by atoms with Crippen LogP contribution >= 0.6 is 0 Å². The highest BCUT2D eigenvalue weighted by atomic mass is 19.4. The molecule has 3 fully saturated rings. The lowest BCUT2D eigenvalue weighted by molar-refractivity contribution is -0.192. The lowest BCUT2D eigenvalue weighted by atomic mass is 9.86. The summed E-state index contributed by atoms with van der Waals surface area (Å²) in [6, 6.07) is 6.40. The number of carbonyl (C=O) groups excluding carboxylic acids is 1. The average molecular weight is 402 g/mol. The quantitative estimate of drug-likeness (QED) is 0.789. The average Bonchev–Trinajstić information content (AvgIpc) is 3.24. The molecule has 0 aromatic heterocycles. The SMILES string of the molecule is O=C(O)C(F)(F)F.O=C1CC2(CCN(CC3CC3)C2)CN1c1cccc(F)c1. The van der Waals surface area contributed by atoms with Crippen LogP contribution in [-0.4, -0.2) is 54.2 Å². The molecule has 2 aliphatic heterocycles. The fourth-order valence-corrected chi connectivity index (χ4v) is 3.90. The molecule has 1 unspecified atom stereocenters. The van der Waals surface area contributed by atoms with E-state index in [9.17, 15) is 22.4 Å². The van der Waals surface area contributed by atoms with Crippen LogP contribution in [0.5, 0.6) is 0 Å².